The lowest BCUT2D eigenvalue weighted by Crippen LogP contribution is -2.47. The molecule has 7 nitrogen and oxygen atoms in total. The molecular weight excluding hydrogens is 342 g/mol. The molecule has 0 unspecified atom stereocenters. The fourth-order valence-electron chi connectivity index (χ4n) is 2.93. The fraction of sp³-hybridized carbons (Fsp3) is 0.450. The van der Waals surface area contributed by atoms with Crippen molar-refractivity contribution in [1.29, 1.82) is 0 Å². The zero-order valence-electron chi connectivity index (χ0n) is 16.2. The van der Waals surface area contributed by atoms with E-state index in [2.05, 4.69) is 37.2 Å². The summed E-state index contributed by atoms with van der Waals surface area (Å²) in [5, 5.41) is 2.78. The molecule has 144 valence electrons. The molecule has 0 spiro atoms. The van der Waals surface area contributed by atoms with Gasteiger partial charge in [0.05, 0.1) is 0 Å². The van der Waals surface area contributed by atoms with Crippen LogP contribution in [0.5, 0.6) is 0 Å². The Labute approximate surface area is 160 Å². The molecule has 1 amide bonds. The number of nitrogens with zero attached hydrogens (tertiary/aromatic N) is 4. The second-order valence-electron chi connectivity index (χ2n) is 7.54. The molecular formula is C20H27N5O2. The van der Waals surface area contributed by atoms with Crippen molar-refractivity contribution in [2.45, 2.75) is 32.9 Å². The van der Waals surface area contributed by atoms with Gasteiger partial charge in [-0.2, -0.15) is 0 Å². The molecule has 2 aromatic rings. The molecule has 0 radical (unpaired) electrons. The van der Waals surface area contributed by atoms with Gasteiger partial charge >= 0.3 is 6.09 Å². The predicted molar refractivity (Wildman–Crippen MR) is 106 cm³/mol. The molecule has 1 fully saturated rings. The lowest BCUT2D eigenvalue weighted by atomic mass is 10.1. The summed E-state index contributed by atoms with van der Waals surface area (Å²) in [6, 6.07) is 10.1. The molecule has 0 aliphatic carbocycles. The third-order valence-corrected chi connectivity index (χ3v) is 4.25. The van der Waals surface area contributed by atoms with Crippen LogP contribution >= 0.6 is 0 Å². The van der Waals surface area contributed by atoms with Crippen LogP contribution in [0.3, 0.4) is 0 Å². The predicted octanol–water partition coefficient (Wildman–Crippen LogP) is 2.83. The number of amides is 1. The molecule has 2 heterocycles. The normalized spacial score (nSPS) is 14.8. The molecule has 3 rings (SSSR count). The van der Waals surface area contributed by atoms with Crippen molar-refractivity contribution in [2.24, 2.45) is 0 Å². The second-order valence-corrected chi connectivity index (χ2v) is 7.54. The summed E-state index contributed by atoms with van der Waals surface area (Å²) in [5.41, 5.74) is 1.74. The molecule has 1 aromatic heterocycles. The zero-order chi connectivity index (χ0) is 19.3. The Hall–Kier alpha value is -2.83. The van der Waals surface area contributed by atoms with Crippen LogP contribution in [0.15, 0.2) is 42.7 Å². The van der Waals surface area contributed by atoms with Gasteiger partial charge in [-0.25, -0.2) is 14.8 Å². The van der Waals surface area contributed by atoms with E-state index in [-0.39, 0.29) is 0 Å². The molecule has 27 heavy (non-hydrogen) atoms. The average molecular weight is 369 g/mol. The highest BCUT2D eigenvalue weighted by molar-refractivity contribution is 5.67. The Morgan fingerprint density at radius 1 is 1.04 bits per heavy atom. The Bertz CT molecular complexity index is 735. The molecule has 1 N–H and O–H groups in total. The number of piperazine rings is 1. The smallest absolute Gasteiger partial charge is 0.407 e. The first-order valence-corrected chi connectivity index (χ1v) is 9.23. The number of hydrogen-bond donors (Lipinski definition) is 1. The number of anilines is 2. The van der Waals surface area contributed by atoms with Crippen molar-refractivity contribution in [1.82, 2.24) is 15.3 Å². The number of nitrogens with one attached hydrogen (secondary N) is 1. The number of carbonyl (C=O) groups is 1. The fourth-order valence-corrected chi connectivity index (χ4v) is 2.93. The molecule has 1 saturated heterocycles. The van der Waals surface area contributed by atoms with Crippen molar-refractivity contribution in [3.8, 4) is 0 Å². The van der Waals surface area contributed by atoms with Gasteiger partial charge in [0.25, 0.3) is 0 Å². The largest absolute Gasteiger partial charge is 0.444 e. The quantitative estimate of drug-likeness (QED) is 0.894. The highest BCUT2D eigenvalue weighted by Crippen LogP contribution is 2.19. The lowest BCUT2D eigenvalue weighted by molar-refractivity contribution is 0.0523. The summed E-state index contributed by atoms with van der Waals surface area (Å²) in [5.74, 6) is 0.792. The van der Waals surface area contributed by atoms with Crippen molar-refractivity contribution >= 4 is 17.7 Å². The third kappa shape index (κ3) is 5.57. The van der Waals surface area contributed by atoms with Crippen LogP contribution in [-0.2, 0) is 11.3 Å². The van der Waals surface area contributed by atoms with E-state index in [1.807, 2.05) is 39.0 Å². The number of rotatable bonds is 4. The van der Waals surface area contributed by atoms with Crippen molar-refractivity contribution < 1.29 is 9.53 Å². The van der Waals surface area contributed by atoms with Crippen LogP contribution in [0.1, 0.15) is 26.3 Å². The summed E-state index contributed by atoms with van der Waals surface area (Å²) >= 11 is 0. The summed E-state index contributed by atoms with van der Waals surface area (Å²) in [6.07, 6.45) is 3.16. The van der Waals surface area contributed by atoms with Crippen LogP contribution < -0.4 is 15.1 Å². The van der Waals surface area contributed by atoms with Gasteiger partial charge in [0.2, 0.25) is 5.95 Å². The Morgan fingerprint density at radius 2 is 1.63 bits per heavy atom. The number of ether oxygens (including phenoxy) is 1. The van der Waals surface area contributed by atoms with E-state index in [0.29, 0.717) is 6.54 Å². The molecule has 0 atom stereocenters. The number of hydrogen-bond acceptors (Lipinski definition) is 6. The zero-order valence-corrected chi connectivity index (χ0v) is 16.2. The minimum absolute atomic E-state index is 0.397. The maximum atomic E-state index is 11.7. The minimum atomic E-state index is -0.485. The van der Waals surface area contributed by atoms with E-state index in [1.165, 1.54) is 5.69 Å². The first kappa shape index (κ1) is 18.9. The number of aromatic nitrogens is 2. The molecule has 1 aliphatic rings. The molecule has 0 bridgehead atoms. The van der Waals surface area contributed by atoms with Gasteiger partial charge in [0.15, 0.2) is 0 Å². The van der Waals surface area contributed by atoms with Crippen LogP contribution in [-0.4, -0.2) is 47.8 Å². The molecule has 0 saturated carbocycles. The van der Waals surface area contributed by atoms with Gasteiger partial charge in [-0.3, -0.25) is 0 Å². The van der Waals surface area contributed by atoms with Crippen LogP contribution in [0.25, 0.3) is 0 Å². The number of carbonyl (C=O) groups excluding carboxylic acids is 1. The Balaban J connectivity index is 1.49. The van der Waals surface area contributed by atoms with E-state index >= 15 is 0 Å². The lowest BCUT2D eigenvalue weighted by Gasteiger charge is -2.36. The minimum Gasteiger partial charge on any atom is -0.444 e. The van der Waals surface area contributed by atoms with E-state index < -0.39 is 11.7 Å². The summed E-state index contributed by atoms with van der Waals surface area (Å²) in [6.45, 7) is 9.65. The van der Waals surface area contributed by atoms with Crippen molar-refractivity contribution in [3.05, 3.63) is 48.3 Å². The van der Waals surface area contributed by atoms with Crippen LogP contribution in [0.2, 0.25) is 0 Å². The number of alkyl carbamates (subject to hydrolysis) is 1. The molecule has 7 heteroatoms. The molecule has 1 aromatic carbocycles. The van der Waals surface area contributed by atoms with Crippen LogP contribution in [0.4, 0.5) is 16.4 Å². The molecule has 1 aliphatic heterocycles. The highest BCUT2D eigenvalue weighted by Gasteiger charge is 2.19. The monoisotopic (exact) mass is 369 g/mol. The SMILES string of the molecule is CC(C)(C)OC(=O)NCc1ccc(N2CCN(c3ncccn3)CC2)cc1. The Kier molecular flexibility index (Phi) is 5.78. The summed E-state index contributed by atoms with van der Waals surface area (Å²) < 4.78 is 5.25. The van der Waals surface area contributed by atoms with Gasteiger partial charge in [-0.1, -0.05) is 12.1 Å². The first-order valence-electron chi connectivity index (χ1n) is 9.23. The van der Waals surface area contributed by atoms with Gasteiger partial charge in [-0.15, -0.1) is 0 Å². The van der Waals surface area contributed by atoms with E-state index in [9.17, 15) is 4.79 Å². The van der Waals surface area contributed by atoms with E-state index in [4.69, 9.17) is 4.74 Å². The maximum Gasteiger partial charge on any atom is 0.407 e. The van der Waals surface area contributed by atoms with Gasteiger partial charge < -0.3 is 19.9 Å². The van der Waals surface area contributed by atoms with Gasteiger partial charge in [0, 0.05) is 50.8 Å². The summed E-state index contributed by atoms with van der Waals surface area (Å²) in [7, 11) is 0. The van der Waals surface area contributed by atoms with Crippen molar-refractivity contribution in [3.63, 3.8) is 0 Å². The van der Waals surface area contributed by atoms with Crippen molar-refractivity contribution in [2.75, 3.05) is 36.0 Å². The second kappa shape index (κ2) is 8.24. The third-order valence-electron chi connectivity index (χ3n) is 4.25. The van der Waals surface area contributed by atoms with E-state index in [0.717, 1.165) is 37.7 Å². The maximum absolute atomic E-state index is 11.7. The topological polar surface area (TPSA) is 70.6 Å². The van der Waals surface area contributed by atoms with E-state index in [1.54, 1.807) is 12.4 Å². The van der Waals surface area contributed by atoms with Gasteiger partial charge in [-0.05, 0) is 44.5 Å². The van der Waals surface area contributed by atoms with Crippen LogP contribution in [0, 0.1) is 0 Å². The summed E-state index contributed by atoms with van der Waals surface area (Å²) in [4.78, 5) is 24.9. The number of benzene rings is 1. The highest BCUT2D eigenvalue weighted by atomic mass is 16.6. The standard InChI is InChI=1S/C20H27N5O2/c1-20(2,3)27-19(26)23-15-16-5-7-17(8-6-16)24-11-13-25(14-12-24)18-21-9-4-10-22-18/h4-10H,11-15H2,1-3H3,(H,23,26). The average Bonchev–Trinajstić information content (AvgIpc) is 2.66. The Morgan fingerprint density at radius 3 is 2.22 bits per heavy atom. The van der Waals surface area contributed by atoms with Gasteiger partial charge in [0.1, 0.15) is 5.60 Å². The first-order chi connectivity index (χ1) is 12.9.